The van der Waals surface area contributed by atoms with Gasteiger partial charge >= 0.3 is 0 Å². The van der Waals surface area contributed by atoms with E-state index in [2.05, 4.69) is 29.4 Å². The van der Waals surface area contributed by atoms with Crippen molar-refractivity contribution in [3.8, 4) is 0 Å². The zero-order chi connectivity index (χ0) is 13.8. The first-order chi connectivity index (χ1) is 9.08. The molecule has 0 aromatic carbocycles. The van der Waals surface area contributed by atoms with Gasteiger partial charge < -0.3 is 20.6 Å². The number of rotatable bonds is 4. The molecule has 0 aromatic rings. The van der Waals surface area contributed by atoms with Crippen molar-refractivity contribution in [3.63, 3.8) is 0 Å². The fourth-order valence-corrected chi connectivity index (χ4v) is 2.98. The van der Waals surface area contributed by atoms with Crippen LogP contribution in [0.25, 0.3) is 0 Å². The van der Waals surface area contributed by atoms with E-state index in [0.717, 1.165) is 32.5 Å². The highest BCUT2D eigenvalue weighted by atomic mass is 35.5. The van der Waals surface area contributed by atoms with E-state index in [4.69, 9.17) is 0 Å². The molecule has 3 N–H and O–H groups in total. The van der Waals surface area contributed by atoms with Crippen LogP contribution in [0.2, 0.25) is 0 Å². The van der Waals surface area contributed by atoms with E-state index in [1.807, 2.05) is 0 Å². The fourth-order valence-electron chi connectivity index (χ4n) is 2.98. The highest BCUT2D eigenvalue weighted by Crippen LogP contribution is 2.19. The zero-order valence-corrected chi connectivity index (χ0v) is 14.5. The topological polar surface area (TPSA) is 64.6 Å². The van der Waals surface area contributed by atoms with Crippen molar-refractivity contribution in [1.82, 2.24) is 15.5 Å². The molecule has 2 fully saturated rings. The summed E-state index contributed by atoms with van der Waals surface area (Å²) in [4.78, 5) is 14.5. The fraction of sp³-hybridized carbons (Fsp3) is 0.929. The molecule has 2 heterocycles. The molecule has 0 aromatic heterocycles. The van der Waals surface area contributed by atoms with Crippen molar-refractivity contribution >= 4 is 30.7 Å². The summed E-state index contributed by atoms with van der Waals surface area (Å²) in [5.41, 5.74) is 0. The summed E-state index contributed by atoms with van der Waals surface area (Å²) >= 11 is 0. The van der Waals surface area contributed by atoms with E-state index in [0.29, 0.717) is 19.1 Å². The number of β-amino-alcohol motifs (C(OH)–C–C–N with tert-alkyl or cyclic N) is 1. The molecule has 0 aliphatic carbocycles. The van der Waals surface area contributed by atoms with Crippen molar-refractivity contribution in [3.05, 3.63) is 0 Å². The van der Waals surface area contributed by atoms with Crippen LogP contribution >= 0.6 is 24.8 Å². The Morgan fingerprint density at radius 1 is 1.29 bits per heavy atom. The Morgan fingerprint density at radius 2 is 1.90 bits per heavy atom. The van der Waals surface area contributed by atoms with Crippen LogP contribution in [-0.4, -0.2) is 60.8 Å². The van der Waals surface area contributed by atoms with Crippen LogP contribution in [0, 0.1) is 11.8 Å². The van der Waals surface area contributed by atoms with Gasteiger partial charge in [-0.25, -0.2) is 0 Å². The van der Waals surface area contributed by atoms with E-state index in [9.17, 15) is 9.90 Å². The summed E-state index contributed by atoms with van der Waals surface area (Å²) in [6.07, 6.45) is 1.59. The maximum atomic E-state index is 12.1. The first-order valence-electron chi connectivity index (χ1n) is 7.48. The second-order valence-corrected chi connectivity index (χ2v) is 6.13. The lowest BCUT2D eigenvalue weighted by Crippen LogP contribution is -2.44. The summed E-state index contributed by atoms with van der Waals surface area (Å²) in [5, 5.41) is 15.8. The number of carbonyl (C=O) groups excluding carboxylic acids is 1. The Balaban J connectivity index is 0.00000200. The molecule has 7 heteroatoms. The molecular formula is C14H29Cl2N3O2. The number of piperidine rings is 1. The van der Waals surface area contributed by atoms with Gasteiger partial charge in [-0.15, -0.1) is 24.8 Å². The molecule has 2 aliphatic rings. The standard InChI is InChI=1S/C14H27N3O2.2ClH/c1-10(2)17-5-3-11(4-6-17)14(19)16-8-12-7-15-9-13(12)18;;/h10-13,15,18H,3-9H2,1-2H3,(H,16,19);2*1H. The molecule has 21 heavy (non-hydrogen) atoms. The number of amides is 1. The van der Waals surface area contributed by atoms with Gasteiger partial charge in [0.1, 0.15) is 0 Å². The van der Waals surface area contributed by atoms with Crippen LogP contribution in [0.3, 0.4) is 0 Å². The van der Waals surface area contributed by atoms with Crippen molar-refractivity contribution in [2.75, 3.05) is 32.7 Å². The van der Waals surface area contributed by atoms with Crippen LogP contribution in [0.1, 0.15) is 26.7 Å². The zero-order valence-electron chi connectivity index (χ0n) is 12.9. The van der Waals surface area contributed by atoms with Gasteiger partial charge in [0.25, 0.3) is 0 Å². The average molecular weight is 342 g/mol. The van der Waals surface area contributed by atoms with Crippen LogP contribution in [0.15, 0.2) is 0 Å². The predicted octanol–water partition coefficient (Wildman–Crippen LogP) is 0.647. The van der Waals surface area contributed by atoms with Crippen molar-refractivity contribution < 1.29 is 9.90 Å². The van der Waals surface area contributed by atoms with Crippen LogP contribution in [0.5, 0.6) is 0 Å². The first-order valence-corrected chi connectivity index (χ1v) is 7.48. The van der Waals surface area contributed by atoms with Gasteiger partial charge in [0.15, 0.2) is 0 Å². The second-order valence-electron chi connectivity index (χ2n) is 6.13. The molecule has 0 saturated carbocycles. The molecule has 2 unspecified atom stereocenters. The molecule has 2 atom stereocenters. The van der Waals surface area contributed by atoms with Gasteiger partial charge in [-0.1, -0.05) is 0 Å². The molecule has 2 aliphatic heterocycles. The highest BCUT2D eigenvalue weighted by molar-refractivity contribution is 5.85. The number of hydrogen-bond acceptors (Lipinski definition) is 4. The van der Waals surface area contributed by atoms with E-state index in [1.54, 1.807) is 0 Å². The number of nitrogens with one attached hydrogen (secondary N) is 2. The maximum Gasteiger partial charge on any atom is 0.223 e. The Hall–Kier alpha value is -0.0700. The van der Waals surface area contributed by atoms with E-state index < -0.39 is 0 Å². The molecule has 2 rings (SSSR count). The summed E-state index contributed by atoms with van der Waals surface area (Å²) in [6, 6.07) is 0.573. The third-order valence-electron chi connectivity index (χ3n) is 4.47. The molecule has 5 nitrogen and oxygen atoms in total. The molecule has 2 saturated heterocycles. The van der Waals surface area contributed by atoms with E-state index in [-0.39, 0.29) is 48.7 Å². The third-order valence-corrected chi connectivity index (χ3v) is 4.47. The summed E-state index contributed by atoms with van der Waals surface area (Å²) in [5.74, 6) is 0.490. The molecule has 126 valence electrons. The van der Waals surface area contributed by atoms with Crippen LogP contribution in [0.4, 0.5) is 0 Å². The monoisotopic (exact) mass is 341 g/mol. The van der Waals surface area contributed by atoms with Crippen LogP contribution < -0.4 is 10.6 Å². The minimum Gasteiger partial charge on any atom is -0.391 e. The summed E-state index contributed by atoms with van der Waals surface area (Å²) < 4.78 is 0. The molecule has 0 radical (unpaired) electrons. The first kappa shape index (κ1) is 20.9. The number of aliphatic hydroxyl groups is 1. The van der Waals surface area contributed by atoms with Gasteiger partial charge in [-0.3, -0.25) is 4.79 Å². The summed E-state index contributed by atoms with van der Waals surface area (Å²) in [7, 11) is 0. The number of hydrogen-bond donors (Lipinski definition) is 3. The van der Waals surface area contributed by atoms with E-state index >= 15 is 0 Å². The van der Waals surface area contributed by atoms with Crippen LogP contribution in [-0.2, 0) is 4.79 Å². The Morgan fingerprint density at radius 3 is 2.38 bits per heavy atom. The van der Waals surface area contributed by atoms with Gasteiger partial charge in [-0.05, 0) is 39.8 Å². The summed E-state index contributed by atoms with van der Waals surface area (Å²) in [6.45, 7) is 8.48. The second kappa shape index (κ2) is 9.85. The quantitative estimate of drug-likeness (QED) is 0.702. The average Bonchev–Trinajstić information content (AvgIpc) is 2.81. The van der Waals surface area contributed by atoms with Gasteiger partial charge in [0.2, 0.25) is 5.91 Å². The number of halogens is 2. The molecule has 1 amide bonds. The smallest absolute Gasteiger partial charge is 0.223 e. The number of nitrogens with zero attached hydrogens (tertiary/aromatic N) is 1. The maximum absolute atomic E-state index is 12.1. The Bertz CT molecular complexity index is 311. The molecule has 0 bridgehead atoms. The van der Waals surface area contributed by atoms with Gasteiger partial charge in [-0.2, -0.15) is 0 Å². The number of likely N-dealkylation sites (tertiary alicyclic amines) is 1. The van der Waals surface area contributed by atoms with Crippen molar-refractivity contribution in [2.45, 2.75) is 38.8 Å². The lowest BCUT2D eigenvalue weighted by molar-refractivity contribution is -0.126. The Labute approximate surface area is 140 Å². The third kappa shape index (κ3) is 5.91. The highest BCUT2D eigenvalue weighted by Gasteiger charge is 2.28. The minimum absolute atomic E-state index is 0. The SMILES string of the molecule is CC(C)N1CCC(C(=O)NCC2CNCC2O)CC1.Cl.Cl. The Kier molecular flexibility index (Phi) is 9.81. The van der Waals surface area contributed by atoms with Gasteiger partial charge in [0.05, 0.1) is 6.10 Å². The molecule has 0 spiro atoms. The van der Waals surface area contributed by atoms with E-state index in [1.165, 1.54) is 0 Å². The van der Waals surface area contributed by atoms with Crippen molar-refractivity contribution in [2.24, 2.45) is 11.8 Å². The lowest BCUT2D eigenvalue weighted by Gasteiger charge is -2.34. The minimum atomic E-state index is -0.317. The number of carbonyl (C=O) groups is 1. The predicted molar refractivity (Wildman–Crippen MR) is 89.3 cm³/mol. The van der Waals surface area contributed by atoms with Gasteiger partial charge in [0, 0.05) is 37.5 Å². The normalized spacial score (nSPS) is 27.0. The van der Waals surface area contributed by atoms with Crippen molar-refractivity contribution in [1.29, 1.82) is 0 Å². The molecular weight excluding hydrogens is 313 g/mol. The lowest BCUT2D eigenvalue weighted by atomic mass is 9.95. The number of aliphatic hydroxyl groups excluding tert-OH is 1. The largest absolute Gasteiger partial charge is 0.391 e.